The van der Waals surface area contributed by atoms with E-state index in [0.717, 1.165) is 0 Å². The van der Waals surface area contributed by atoms with E-state index < -0.39 is 17.3 Å². The van der Waals surface area contributed by atoms with E-state index in [4.69, 9.17) is 4.74 Å². The molecule has 0 unspecified atom stereocenters. The maximum atomic E-state index is 11.9. The Balaban J connectivity index is 3.87. The third-order valence-corrected chi connectivity index (χ3v) is 3.22. The molecule has 0 aliphatic rings. The van der Waals surface area contributed by atoms with Crippen molar-refractivity contribution in [1.29, 1.82) is 0 Å². The summed E-state index contributed by atoms with van der Waals surface area (Å²) in [4.78, 5) is 11.4. The van der Waals surface area contributed by atoms with Crippen LogP contribution in [0.4, 0.5) is 13.2 Å². The van der Waals surface area contributed by atoms with Crippen LogP contribution in [0, 0.1) is 0 Å². The van der Waals surface area contributed by atoms with E-state index in [1.54, 1.807) is 20.8 Å². The normalized spacial score (nSPS) is 12.6. The van der Waals surface area contributed by atoms with Gasteiger partial charge in [0.15, 0.2) is 0 Å². The molecule has 96 valence electrons. The number of esters is 1. The van der Waals surface area contributed by atoms with Crippen molar-refractivity contribution < 1.29 is 22.7 Å². The summed E-state index contributed by atoms with van der Waals surface area (Å²) in [6.45, 7) is 5.29. The van der Waals surface area contributed by atoms with Crippen LogP contribution in [-0.2, 0) is 9.53 Å². The molecule has 6 heteroatoms. The lowest BCUT2D eigenvalue weighted by Crippen LogP contribution is -2.30. The Labute approximate surface area is 97.9 Å². The highest BCUT2D eigenvalue weighted by atomic mass is 32.2. The van der Waals surface area contributed by atoms with E-state index in [0.29, 0.717) is 5.75 Å². The molecule has 0 spiro atoms. The Morgan fingerprint density at radius 2 is 1.88 bits per heavy atom. The van der Waals surface area contributed by atoms with E-state index in [-0.39, 0.29) is 19.0 Å². The zero-order chi connectivity index (χ0) is 12.8. The van der Waals surface area contributed by atoms with E-state index in [1.165, 1.54) is 11.8 Å². The highest BCUT2D eigenvalue weighted by Gasteiger charge is 2.31. The maximum absolute atomic E-state index is 11.9. The second-order valence-electron chi connectivity index (χ2n) is 3.80. The van der Waals surface area contributed by atoms with Crippen molar-refractivity contribution in [3.63, 3.8) is 0 Å². The smallest absolute Gasteiger partial charge is 0.389 e. The van der Waals surface area contributed by atoms with Crippen LogP contribution in [0.3, 0.4) is 0 Å². The summed E-state index contributed by atoms with van der Waals surface area (Å²) >= 11 is 1.19. The monoisotopic (exact) mass is 258 g/mol. The third-order valence-electron chi connectivity index (χ3n) is 1.83. The predicted molar refractivity (Wildman–Crippen MR) is 58.5 cm³/mol. The lowest BCUT2D eigenvalue weighted by Gasteiger charge is -2.21. The van der Waals surface area contributed by atoms with Crippen LogP contribution in [-0.4, -0.2) is 29.3 Å². The summed E-state index contributed by atoms with van der Waals surface area (Å²) in [6.07, 6.45) is -4.90. The molecule has 16 heavy (non-hydrogen) atoms. The molecule has 0 aromatic heterocycles. The van der Waals surface area contributed by atoms with Crippen LogP contribution in [0.5, 0.6) is 0 Å². The zero-order valence-corrected chi connectivity index (χ0v) is 10.5. The molecule has 0 aromatic rings. The van der Waals surface area contributed by atoms with E-state index in [2.05, 4.69) is 0 Å². The Morgan fingerprint density at radius 3 is 2.31 bits per heavy atom. The number of hydrogen-bond acceptors (Lipinski definition) is 3. The minimum absolute atomic E-state index is 0.0248. The fourth-order valence-electron chi connectivity index (χ4n) is 0.964. The van der Waals surface area contributed by atoms with Crippen LogP contribution in [0.1, 0.15) is 33.6 Å². The first-order chi connectivity index (χ1) is 7.19. The molecule has 0 fully saturated rings. The topological polar surface area (TPSA) is 26.3 Å². The molecule has 0 radical (unpaired) electrons. The van der Waals surface area contributed by atoms with Gasteiger partial charge in [0.2, 0.25) is 0 Å². The van der Waals surface area contributed by atoms with Crippen LogP contribution >= 0.6 is 11.8 Å². The molecular weight excluding hydrogens is 241 g/mol. The number of alkyl halides is 3. The molecule has 0 aliphatic carbocycles. The minimum Gasteiger partial charge on any atom is -0.465 e. The van der Waals surface area contributed by atoms with Crippen molar-refractivity contribution in [3.05, 3.63) is 0 Å². The minimum atomic E-state index is -4.12. The lowest BCUT2D eigenvalue weighted by atomic mass is 10.2. The van der Waals surface area contributed by atoms with Crippen molar-refractivity contribution in [2.75, 3.05) is 12.4 Å². The van der Waals surface area contributed by atoms with Crippen LogP contribution in [0.2, 0.25) is 0 Å². The average molecular weight is 258 g/mol. The summed E-state index contributed by atoms with van der Waals surface area (Å²) < 4.78 is 39.6. The summed E-state index contributed by atoms with van der Waals surface area (Å²) in [5, 5.41) is 0. The lowest BCUT2D eigenvalue weighted by molar-refractivity contribution is -0.145. The summed E-state index contributed by atoms with van der Waals surface area (Å²) in [5.41, 5.74) is 0. The van der Waals surface area contributed by atoms with Crippen LogP contribution in [0.15, 0.2) is 0 Å². The van der Waals surface area contributed by atoms with Gasteiger partial charge in [0, 0.05) is 6.42 Å². The van der Waals surface area contributed by atoms with Gasteiger partial charge in [-0.15, -0.1) is 11.8 Å². The van der Waals surface area contributed by atoms with Gasteiger partial charge in [-0.3, -0.25) is 4.79 Å². The van der Waals surface area contributed by atoms with Gasteiger partial charge in [0.05, 0.1) is 6.61 Å². The Kier molecular flexibility index (Phi) is 6.22. The largest absolute Gasteiger partial charge is 0.465 e. The van der Waals surface area contributed by atoms with Crippen molar-refractivity contribution in [1.82, 2.24) is 0 Å². The van der Waals surface area contributed by atoms with Gasteiger partial charge in [-0.1, -0.05) is 0 Å². The summed E-state index contributed by atoms with van der Waals surface area (Å²) in [6, 6.07) is 0. The fourth-order valence-corrected chi connectivity index (χ4v) is 1.94. The molecule has 0 rings (SSSR count). The number of carbonyl (C=O) groups is 1. The summed E-state index contributed by atoms with van der Waals surface area (Å²) in [7, 11) is 0. The second kappa shape index (κ2) is 6.37. The molecule has 0 saturated carbocycles. The Bertz CT molecular complexity index is 227. The summed E-state index contributed by atoms with van der Waals surface area (Å²) in [5.74, 6) is -0.0855. The fraction of sp³-hybridized carbons (Fsp3) is 0.900. The number of thioether (sulfide) groups is 1. The molecule has 0 amide bonds. The molecule has 0 bridgehead atoms. The van der Waals surface area contributed by atoms with Gasteiger partial charge in [-0.05, 0) is 32.9 Å². The van der Waals surface area contributed by atoms with Crippen LogP contribution in [0.25, 0.3) is 0 Å². The van der Waals surface area contributed by atoms with E-state index >= 15 is 0 Å². The molecule has 0 atom stereocenters. The average Bonchev–Trinajstić information content (AvgIpc) is 2.11. The number of rotatable bonds is 6. The van der Waals surface area contributed by atoms with Gasteiger partial charge in [-0.2, -0.15) is 13.2 Å². The molecular formula is C10H17F3O2S. The number of ether oxygens (including phenoxy) is 1. The zero-order valence-electron chi connectivity index (χ0n) is 9.69. The van der Waals surface area contributed by atoms with Gasteiger partial charge >= 0.3 is 12.1 Å². The van der Waals surface area contributed by atoms with Gasteiger partial charge in [0.1, 0.15) is 4.75 Å². The molecule has 2 nitrogen and oxygen atoms in total. The maximum Gasteiger partial charge on any atom is 0.389 e. The van der Waals surface area contributed by atoms with Crippen molar-refractivity contribution in [2.45, 2.75) is 44.5 Å². The van der Waals surface area contributed by atoms with Crippen LogP contribution < -0.4 is 0 Å². The molecule has 0 saturated heterocycles. The molecule has 0 aliphatic heterocycles. The van der Waals surface area contributed by atoms with Gasteiger partial charge in [0.25, 0.3) is 0 Å². The first kappa shape index (κ1) is 15.6. The molecule has 0 N–H and O–H groups in total. The van der Waals surface area contributed by atoms with Crippen molar-refractivity contribution in [2.24, 2.45) is 0 Å². The van der Waals surface area contributed by atoms with E-state index in [9.17, 15) is 18.0 Å². The Hall–Kier alpha value is -0.390. The molecule has 0 aromatic carbocycles. The first-order valence-corrected chi connectivity index (χ1v) is 6.05. The predicted octanol–water partition coefficient (Wildman–Crippen LogP) is 3.40. The van der Waals surface area contributed by atoms with Gasteiger partial charge < -0.3 is 4.74 Å². The van der Waals surface area contributed by atoms with Gasteiger partial charge in [-0.25, -0.2) is 0 Å². The number of halogens is 3. The SMILES string of the molecule is CCOC(=O)C(C)(C)SCCCC(F)(F)F. The second-order valence-corrected chi connectivity index (χ2v) is 5.52. The third kappa shape index (κ3) is 6.98. The number of hydrogen-bond donors (Lipinski definition) is 0. The number of carbonyl (C=O) groups excluding carboxylic acids is 1. The highest BCUT2D eigenvalue weighted by molar-refractivity contribution is 8.01. The highest BCUT2D eigenvalue weighted by Crippen LogP contribution is 2.29. The first-order valence-electron chi connectivity index (χ1n) is 5.07. The van der Waals surface area contributed by atoms with Crippen molar-refractivity contribution in [3.8, 4) is 0 Å². The molecule has 0 heterocycles. The standard InChI is InChI=1S/C10H17F3O2S/c1-4-15-8(14)9(2,3)16-7-5-6-10(11,12)13/h4-7H2,1-3H3. The van der Waals surface area contributed by atoms with E-state index in [1.807, 2.05) is 0 Å². The quantitative estimate of drug-likeness (QED) is 0.539. The van der Waals surface area contributed by atoms with Crippen molar-refractivity contribution >= 4 is 17.7 Å². The Morgan fingerprint density at radius 1 is 1.31 bits per heavy atom.